The van der Waals surface area contributed by atoms with Crippen LogP contribution in [-0.4, -0.2) is 24.9 Å². The molecule has 0 bridgehead atoms. The second-order valence-corrected chi connectivity index (χ2v) is 6.17. The summed E-state index contributed by atoms with van der Waals surface area (Å²) in [5.74, 6) is -1.28. The first-order valence-electron chi connectivity index (χ1n) is 6.92. The Bertz CT molecular complexity index is 641. The van der Waals surface area contributed by atoms with Gasteiger partial charge in [-0.3, -0.25) is 9.59 Å². The zero-order chi connectivity index (χ0) is 15.0. The smallest absolute Gasteiger partial charge is 0.341 e. The maximum absolute atomic E-state index is 12.2. The standard InChI is InChI=1S/C15H15NO4S/c1-20-15(19)13-9-5-3-2-4-6-10(9)21-14(13)16-11(17)7-8-12(16)18/h7-8H,2-6H2,1H3. The van der Waals surface area contributed by atoms with Crippen molar-refractivity contribution >= 4 is 34.1 Å². The van der Waals surface area contributed by atoms with Crippen molar-refractivity contribution in [2.75, 3.05) is 12.0 Å². The third kappa shape index (κ3) is 2.29. The van der Waals surface area contributed by atoms with E-state index in [1.54, 1.807) is 0 Å². The summed E-state index contributed by atoms with van der Waals surface area (Å²) < 4.78 is 4.87. The molecule has 0 spiro atoms. The number of thiophene rings is 1. The van der Waals surface area contributed by atoms with Gasteiger partial charge >= 0.3 is 5.97 Å². The van der Waals surface area contributed by atoms with Crippen molar-refractivity contribution in [2.45, 2.75) is 32.1 Å². The number of hydrogen-bond donors (Lipinski definition) is 0. The number of carbonyl (C=O) groups excluding carboxylic acids is 3. The minimum Gasteiger partial charge on any atom is -0.465 e. The zero-order valence-corrected chi connectivity index (χ0v) is 12.5. The van der Waals surface area contributed by atoms with Crippen LogP contribution in [0, 0.1) is 0 Å². The molecular weight excluding hydrogens is 290 g/mol. The maximum atomic E-state index is 12.2. The van der Waals surface area contributed by atoms with Crippen molar-refractivity contribution in [2.24, 2.45) is 0 Å². The van der Waals surface area contributed by atoms with Crippen LogP contribution in [-0.2, 0) is 27.2 Å². The molecule has 1 aliphatic heterocycles. The molecule has 110 valence electrons. The van der Waals surface area contributed by atoms with Gasteiger partial charge in [0.25, 0.3) is 11.8 Å². The highest BCUT2D eigenvalue weighted by atomic mass is 32.1. The lowest BCUT2D eigenvalue weighted by Crippen LogP contribution is -2.30. The summed E-state index contributed by atoms with van der Waals surface area (Å²) in [7, 11) is 1.32. The lowest BCUT2D eigenvalue weighted by molar-refractivity contribution is -0.119. The zero-order valence-electron chi connectivity index (χ0n) is 11.7. The Morgan fingerprint density at radius 1 is 1.14 bits per heavy atom. The fourth-order valence-corrected chi connectivity index (χ4v) is 4.19. The van der Waals surface area contributed by atoms with Gasteiger partial charge in [-0.1, -0.05) is 6.42 Å². The number of nitrogens with zero attached hydrogens (tertiary/aromatic N) is 1. The average molecular weight is 305 g/mol. The van der Waals surface area contributed by atoms with E-state index in [1.165, 1.54) is 30.6 Å². The average Bonchev–Trinajstić information content (AvgIpc) is 2.89. The van der Waals surface area contributed by atoms with E-state index in [0.29, 0.717) is 10.6 Å². The second kappa shape index (κ2) is 5.44. The van der Waals surface area contributed by atoms with Crippen LogP contribution in [0.15, 0.2) is 12.2 Å². The molecule has 0 saturated heterocycles. The molecule has 0 fully saturated rings. The number of imide groups is 1. The molecule has 2 aliphatic rings. The highest BCUT2D eigenvalue weighted by molar-refractivity contribution is 7.17. The van der Waals surface area contributed by atoms with E-state index >= 15 is 0 Å². The molecule has 0 unspecified atom stereocenters. The highest BCUT2D eigenvalue weighted by Gasteiger charge is 2.34. The quantitative estimate of drug-likeness (QED) is 0.477. The first kappa shape index (κ1) is 14.0. The number of aryl methyl sites for hydroxylation is 1. The molecule has 0 saturated carbocycles. The largest absolute Gasteiger partial charge is 0.465 e. The monoisotopic (exact) mass is 305 g/mol. The van der Waals surface area contributed by atoms with Gasteiger partial charge in [-0.2, -0.15) is 0 Å². The van der Waals surface area contributed by atoms with Crippen LogP contribution in [0.25, 0.3) is 0 Å². The number of fused-ring (bicyclic) bond motifs is 1. The van der Waals surface area contributed by atoms with Gasteiger partial charge in [-0.25, -0.2) is 9.69 Å². The van der Waals surface area contributed by atoms with Crippen molar-refractivity contribution in [3.8, 4) is 0 Å². The van der Waals surface area contributed by atoms with Crippen LogP contribution in [0.4, 0.5) is 5.00 Å². The van der Waals surface area contributed by atoms with Gasteiger partial charge in [0.2, 0.25) is 0 Å². The molecule has 6 heteroatoms. The number of hydrogen-bond acceptors (Lipinski definition) is 5. The fourth-order valence-electron chi connectivity index (χ4n) is 2.80. The summed E-state index contributed by atoms with van der Waals surface area (Å²) in [6.07, 6.45) is 7.33. The molecule has 1 aliphatic carbocycles. The van der Waals surface area contributed by atoms with Crippen molar-refractivity contribution in [1.29, 1.82) is 0 Å². The van der Waals surface area contributed by atoms with E-state index < -0.39 is 17.8 Å². The predicted molar refractivity (Wildman–Crippen MR) is 78.6 cm³/mol. The fraction of sp³-hybridized carbons (Fsp3) is 0.400. The molecule has 2 amide bonds. The van der Waals surface area contributed by atoms with Gasteiger partial charge in [0.05, 0.1) is 12.7 Å². The normalized spacial score (nSPS) is 17.9. The summed E-state index contributed by atoms with van der Waals surface area (Å²) in [6.45, 7) is 0. The van der Waals surface area contributed by atoms with Gasteiger partial charge < -0.3 is 4.74 Å². The lowest BCUT2D eigenvalue weighted by Gasteiger charge is -2.13. The number of esters is 1. The minimum absolute atomic E-state index is 0.393. The Kier molecular flexibility index (Phi) is 3.63. The molecule has 0 aromatic carbocycles. The lowest BCUT2D eigenvalue weighted by atomic mass is 10.1. The summed E-state index contributed by atoms with van der Waals surface area (Å²) in [5.41, 5.74) is 1.34. The van der Waals surface area contributed by atoms with Crippen molar-refractivity contribution < 1.29 is 19.1 Å². The van der Waals surface area contributed by atoms with E-state index in [1.807, 2.05) is 0 Å². The molecule has 2 heterocycles. The Morgan fingerprint density at radius 3 is 2.48 bits per heavy atom. The molecule has 5 nitrogen and oxygen atoms in total. The third-order valence-electron chi connectivity index (χ3n) is 3.80. The van der Waals surface area contributed by atoms with Crippen molar-refractivity contribution in [3.05, 3.63) is 28.2 Å². The third-order valence-corrected chi connectivity index (χ3v) is 5.08. The molecular formula is C15H15NO4S. The molecule has 3 rings (SSSR count). The van der Waals surface area contributed by atoms with Crippen LogP contribution in [0.3, 0.4) is 0 Å². The van der Waals surface area contributed by atoms with Crippen molar-refractivity contribution in [1.82, 2.24) is 0 Å². The Morgan fingerprint density at radius 2 is 1.81 bits per heavy atom. The maximum Gasteiger partial charge on any atom is 0.341 e. The van der Waals surface area contributed by atoms with Crippen LogP contribution < -0.4 is 4.90 Å². The van der Waals surface area contributed by atoms with Crippen LogP contribution >= 0.6 is 11.3 Å². The Balaban J connectivity index is 2.14. The first-order chi connectivity index (χ1) is 10.1. The Hall–Kier alpha value is -1.95. The van der Waals surface area contributed by atoms with Gasteiger partial charge in [-0.05, 0) is 31.2 Å². The summed E-state index contributed by atoms with van der Waals surface area (Å²) in [6, 6.07) is 0. The van der Waals surface area contributed by atoms with Gasteiger partial charge in [-0.15, -0.1) is 11.3 Å². The van der Waals surface area contributed by atoms with Gasteiger partial charge in [0, 0.05) is 17.0 Å². The molecule has 1 aromatic heterocycles. The number of rotatable bonds is 2. The van der Waals surface area contributed by atoms with Crippen LogP contribution in [0.5, 0.6) is 0 Å². The molecule has 0 atom stereocenters. The molecule has 0 N–H and O–H groups in total. The molecule has 0 radical (unpaired) electrons. The van der Waals surface area contributed by atoms with E-state index in [0.717, 1.165) is 47.4 Å². The number of carbonyl (C=O) groups is 3. The Labute approximate surface area is 126 Å². The number of ether oxygens (including phenoxy) is 1. The number of amides is 2. The van der Waals surface area contributed by atoms with Gasteiger partial charge in [0.1, 0.15) is 5.00 Å². The second-order valence-electron chi connectivity index (χ2n) is 5.08. The van der Waals surface area contributed by atoms with Crippen molar-refractivity contribution in [3.63, 3.8) is 0 Å². The predicted octanol–water partition coefficient (Wildman–Crippen LogP) is 2.23. The number of anilines is 1. The van der Waals surface area contributed by atoms with E-state index in [-0.39, 0.29) is 0 Å². The summed E-state index contributed by atoms with van der Waals surface area (Å²) in [5, 5.41) is 0.411. The van der Waals surface area contributed by atoms with Crippen LogP contribution in [0.1, 0.15) is 40.1 Å². The topological polar surface area (TPSA) is 63.7 Å². The SMILES string of the molecule is COC(=O)c1c(N2C(=O)C=CC2=O)sc2c1CCCCC2. The highest BCUT2D eigenvalue weighted by Crippen LogP contribution is 2.41. The molecule has 21 heavy (non-hydrogen) atoms. The summed E-state index contributed by atoms with van der Waals surface area (Å²) in [4.78, 5) is 38.1. The van der Waals surface area contributed by atoms with E-state index in [9.17, 15) is 14.4 Å². The van der Waals surface area contributed by atoms with E-state index in [2.05, 4.69) is 0 Å². The minimum atomic E-state index is -0.475. The van der Waals surface area contributed by atoms with E-state index in [4.69, 9.17) is 4.74 Å². The summed E-state index contributed by atoms with van der Waals surface area (Å²) >= 11 is 1.37. The van der Waals surface area contributed by atoms with Gasteiger partial charge in [0.15, 0.2) is 0 Å². The number of methoxy groups -OCH3 is 1. The first-order valence-corrected chi connectivity index (χ1v) is 7.74. The van der Waals surface area contributed by atoms with Crippen LogP contribution in [0.2, 0.25) is 0 Å². The molecule has 1 aromatic rings.